The van der Waals surface area contributed by atoms with E-state index in [1.807, 2.05) is 0 Å². The second-order valence-corrected chi connectivity index (χ2v) is 3.45. The Balaban J connectivity index is 2.89. The number of ether oxygens (including phenoxy) is 1. The van der Waals surface area contributed by atoms with Crippen molar-refractivity contribution in [3.8, 4) is 0 Å². The van der Waals surface area contributed by atoms with Crippen LogP contribution in [0.25, 0.3) is 10.9 Å². The number of benzene rings is 1. The SMILES string of the molecule is COC(=O)c1cnc2c(F)cc(F)c(F)c2c1N. The molecule has 0 saturated carbocycles. The fourth-order valence-electron chi connectivity index (χ4n) is 1.56. The lowest BCUT2D eigenvalue weighted by Gasteiger charge is -2.08. The first kappa shape index (κ1) is 12.2. The number of hydrogen-bond donors (Lipinski definition) is 1. The maximum Gasteiger partial charge on any atom is 0.341 e. The van der Waals surface area contributed by atoms with Gasteiger partial charge in [-0.2, -0.15) is 0 Å². The monoisotopic (exact) mass is 256 g/mol. The van der Waals surface area contributed by atoms with E-state index in [4.69, 9.17) is 5.73 Å². The van der Waals surface area contributed by atoms with Gasteiger partial charge in [0, 0.05) is 12.3 Å². The molecule has 1 aromatic carbocycles. The highest BCUT2D eigenvalue weighted by molar-refractivity contribution is 6.04. The van der Waals surface area contributed by atoms with E-state index in [0.717, 1.165) is 13.3 Å². The third-order valence-electron chi connectivity index (χ3n) is 2.43. The molecule has 2 aromatic rings. The lowest BCUT2D eigenvalue weighted by Crippen LogP contribution is -2.08. The van der Waals surface area contributed by atoms with Gasteiger partial charge < -0.3 is 10.5 Å². The van der Waals surface area contributed by atoms with Gasteiger partial charge in [0.25, 0.3) is 0 Å². The summed E-state index contributed by atoms with van der Waals surface area (Å²) in [6.07, 6.45) is 0.948. The highest BCUT2D eigenvalue weighted by atomic mass is 19.2. The molecular formula is C11H7F3N2O2. The van der Waals surface area contributed by atoms with Gasteiger partial charge in [0.15, 0.2) is 17.5 Å². The molecule has 0 fully saturated rings. The van der Waals surface area contributed by atoms with Gasteiger partial charge in [-0.1, -0.05) is 0 Å². The molecule has 0 aliphatic carbocycles. The Morgan fingerprint density at radius 1 is 1.33 bits per heavy atom. The van der Waals surface area contributed by atoms with Gasteiger partial charge in [-0.3, -0.25) is 4.98 Å². The quantitative estimate of drug-likeness (QED) is 0.626. The van der Waals surface area contributed by atoms with Crippen LogP contribution in [0.4, 0.5) is 18.9 Å². The number of nitrogens with two attached hydrogens (primary N) is 1. The van der Waals surface area contributed by atoms with Gasteiger partial charge in [0.1, 0.15) is 11.1 Å². The molecule has 0 aliphatic rings. The minimum Gasteiger partial charge on any atom is -0.465 e. The van der Waals surface area contributed by atoms with Crippen LogP contribution in [-0.2, 0) is 4.74 Å². The highest BCUT2D eigenvalue weighted by Gasteiger charge is 2.20. The molecule has 0 radical (unpaired) electrons. The summed E-state index contributed by atoms with van der Waals surface area (Å²) in [6, 6.07) is 0.363. The number of fused-ring (bicyclic) bond motifs is 1. The van der Waals surface area contributed by atoms with E-state index >= 15 is 0 Å². The van der Waals surface area contributed by atoms with E-state index in [-0.39, 0.29) is 5.56 Å². The molecule has 0 saturated heterocycles. The van der Waals surface area contributed by atoms with Crippen molar-refractivity contribution in [3.63, 3.8) is 0 Å². The molecule has 94 valence electrons. The molecule has 18 heavy (non-hydrogen) atoms. The molecule has 2 N–H and O–H groups in total. The number of hydrogen-bond acceptors (Lipinski definition) is 4. The number of rotatable bonds is 1. The minimum atomic E-state index is -1.41. The Kier molecular flexibility index (Phi) is 2.82. The van der Waals surface area contributed by atoms with Gasteiger partial charge >= 0.3 is 5.97 Å². The zero-order valence-electron chi connectivity index (χ0n) is 9.13. The molecule has 0 bridgehead atoms. The number of carbonyl (C=O) groups excluding carboxylic acids is 1. The summed E-state index contributed by atoms with van der Waals surface area (Å²) in [7, 11) is 1.09. The Morgan fingerprint density at radius 2 is 2.00 bits per heavy atom. The fourth-order valence-corrected chi connectivity index (χ4v) is 1.56. The Labute approximate surface area is 99.2 Å². The van der Waals surface area contributed by atoms with Crippen molar-refractivity contribution >= 4 is 22.6 Å². The van der Waals surface area contributed by atoms with Crippen LogP contribution in [0.5, 0.6) is 0 Å². The Hall–Kier alpha value is -2.31. The number of carbonyl (C=O) groups is 1. The molecule has 0 atom stereocenters. The molecule has 2 rings (SSSR count). The van der Waals surface area contributed by atoms with Gasteiger partial charge in [-0.05, 0) is 0 Å². The molecule has 0 spiro atoms. The molecule has 0 aliphatic heterocycles. The zero-order chi connectivity index (χ0) is 13.4. The number of methoxy groups -OCH3 is 1. The van der Waals surface area contributed by atoms with Crippen LogP contribution in [0.3, 0.4) is 0 Å². The lowest BCUT2D eigenvalue weighted by molar-refractivity contribution is 0.0601. The second kappa shape index (κ2) is 4.17. The van der Waals surface area contributed by atoms with E-state index in [0.29, 0.717) is 6.07 Å². The summed E-state index contributed by atoms with van der Waals surface area (Å²) < 4.78 is 44.4. The summed E-state index contributed by atoms with van der Waals surface area (Å²) in [4.78, 5) is 14.9. The number of anilines is 1. The van der Waals surface area contributed by atoms with Crippen molar-refractivity contribution < 1.29 is 22.7 Å². The van der Waals surface area contributed by atoms with Crippen molar-refractivity contribution in [2.24, 2.45) is 0 Å². The Bertz CT molecular complexity index is 659. The minimum absolute atomic E-state index is 0.256. The number of nitrogens with zero attached hydrogens (tertiary/aromatic N) is 1. The number of halogens is 3. The standard InChI is InChI=1S/C11H7F3N2O2/c1-18-11(17)4-3-16-10-6(13)2-5(12)8(14)7(10)9(4)15/h2-3H,1H3,(H2,15,16). The van der Waals surface area contributed by atoms with E-state index in [1.54, 1.807) is 0 Å². The second-order valence-electron chi connectivity index (χ2n) is 3.45. The topological polar surface area (TPSA) is 65.2 Å². The van der Waals surface area contributed by atoms with Crippen LogP contribution in [0, 0.1) is 17.5 Å². The van der Waals surface area contributed by atoms with Gasteiger partial charge in [-0.25, -0.2) is 18.0 Å². The summed E-state index contributed by atoms with van der Waals surface area (Å²) in [5, 5.41) is -0.574. The summed E-state index contributed by atoms with van der Waals surface area (Å²) >= 11 is 0. The smallest absolute Gasteiger partial charge is 0.341 e. The maximum absolute atomic E-state index is 13.6. The van der Waals surface area contributed by atoms with Crippen LogP contribution < -0.4 is 5.73 Å². The normalized spacial score (nSPS) is 10.7. The van der Waals surface area contributed by atoms with Gasteiger partial charge in [0.2, 0.25) is 0 Å². The van der Waals surface area contributed by atoms with Gasteiger partial charge in [0.05, 0.1) is 18.2 Å². The number of esters is 1. The van der Waals surface area contributed by atoms with Crippen LogP contribution in [0.1, 0.15) is 10.4 Å². The van der Waals surface area contributed by atoms with E-state index < -0.39 is 40.0 Å². The van der Waals surface area contributed by atoms with Crippen molar-refractivity contribution in [1.82, 2.24) is 4.98 Å². The number of pyridine rings is 1. The maximum atomic E-state index is 13.6. The predicted molar refractivity (Wildman–Crippen MR) is 57.4 cm³/mol. The van der Waals surface area contributed by atoms with Crippen LogP contribution in [-0.4, -0.2) is 18.1 Å². The average Bonchev–Trinajstić information content (AvgIpc) is 2.35. The first-order valence-electron chi connectivity index (χ1n) is 4.77. The number of nitrogen functional groups attached to an aromatic ring is 1. The van der Waals surface area contributed by atoms with Crippen molar-refractivity contribution in [3.05, 3.63) is 35.3 Å². The molecule has 1 heterocycles. The summed E-state index contributed by atoms with van der Waals surface area (Å²) in [5.41, 5.74) is 4.40. The fraction of sp³-hybridized carbons (Fsp3) is 0.0909. The highest BCUT2D eigenvalue weighted by Crippen LogP contribution is 2.29. The van der Waals surface area contributed by atoms with E-state index in [1.165, 1.54) is 0 Å². The summed E-state index contributed by atoms with van der Waals surface area (Å²) in [6.45, 7) is 0. The largest absolute Gasteiger partial charge is 0.465 e. The number of aromatic nitrogens is 1. The molecule has 0 unspecified atom stereocenters. The van der Waals surface area contributed by atoms with Gasteiger partial charge in [-0.15, -0.1) is 0 Å². The molecule has 7 heteroatoms. The third-order valence-corrected chi connectivity index (χ3v) is 2.43. The predicted octanol–water partition coefficient (Wildman–Crippen LogP) is 2.02. The van der Waals surface area contributed by atoms with E-state index in [2.05, 4.69) is 9.72 Å². The van der Waals surface area contributed by atoms with E-state index in [9.17, 15) is 18.0 Å². The third kappa shape index (κ3) is 1.64. The van der Waals surface area contributed by atoms with Crippen LogP contribution in [0.2, 0.25) is 0 Å². The first-order valence-corrected chi connectivity index (χ1v) is 4.77. The van der Waals surface area contributed by atoms with Crippen molar-refractivity contribution in [2.45, 2.75) is 0 Å². The first-order chi connectivity index (χ1) is 8.47. The molecule has 4 nitrogen and oxygen atoms in total. The summed E-state index contributed by atoms with van der Waals surface area (Å²) in [5.74, 6) is -4.70. The van der Waals surface area contributed by atoms with Crippen LogP contribution >= 0.6 is 0 Å². The molecular weight excluding hydrogens is 249 g/mol. The Morgan fingerprint density at radius 3 is 2.61 bits per heavy atom. The zero-order valence-corrected chi connectivity index (χ0v) is 9.13. The lowest BCUT2D eigenvalue weighted by atomic mass is 10.1. The molecule has 0 amide bonds. The van der Waals surface area contributed by atoms with Crippen molar-refractivity contribution in [2.75, 3.05) is 12.8 Å². The average molecular weight is 256 g/mol. The van der Waals surface area contributed by atoms with Crippen molar-refractivity contribution in [1.29, 1.82) is 0 Å². The van der Waals surface area contributed by atoms with Crippen LogP contribution in [0.15, 0.2) is 12.3 Å². The molecule has 1 aromatic heterocycles.